The average Bonchev–Trinajstić information content (AvgIpc) is 2.51. The SMILES string of the molecule is CCCCOCCOC1(CNCC)CCC(CCC)CC1. The molecule has 1 rings (SSSR count). The molecule has 0 heterocycles. The van der Waals surface area contributed by atoms with Gasteiger partial charge in [-0.3, -0.25) is 0 Å². The fourth-order valence-electron chi connectivity index (χ4n) is 3.29. The van der Waals surface area contributed by atoms with Gasteiger partial charge in [0.25, 0.3) is 0 Å². The highest BCUT2D eigenvalue weighted by atomic mass is 16.5. The monoisotopic (exact) mass is 299 g/mol. The molecule has 3 nitrogen and oxygen atoms in total. The summed E-state index contributed by atoms with van der Waals surface area (Å²) in [7, 11) is 0. The van der Waals surface area contributed by atoms with Crippen LogP contribution in [0.4, 0.5) is 0 Å². The molecule has 126 valence electrons. The number of unbranched alkanes of at least 4 members (excludes halogenated alkanes) is 1. The Labute approximate surface area is 132 Å². The minimum Gasteiger partial charge on any atom is -0.379 e. The largest absolute Gasteiger partial charge is 0.379 e. The van der Waals surface area contributed by atoms with Gasteiger partial charge in [-0.15, -0.1) is 0 Å². The Kier molecular flexibility index (Phi) is 10.3. The molecule has 0 aliphatic heterocycles. The van der Waals surface area contributed by atoms with E-state index in [1.165, 1.54) is 44.9 Å². The van der Waals surface area contributed by atoms with Crippen LogP contribution in [0.3, 0.4) is 0 Å². The number of ether oxygens (including phenoxy) is 2. The molecular formula is C18H37NO2. The van der Waals surface area contributed by atoms with E-state index < -0.39 is 0 Å². The Morgan fingerprint density at radius 3 is 2.38 bits per heavy atom. The van der Waals surface area contributed by atoms with Gasteiger partial charge in [-0.05, 0) is 44.6 Å². The molecule has 0 aromatic rings. The maximum atomic E-state index is 6.29. The second-order valence-corrected chi connectivity index (χ2v) is 6.51. The third-order valence-electron chi connectivity index (χ3n) is 4.69. The van der Waals surface area contributed by atoms with Crippen LogP contribution in [-0.2, 0) is 9.47 Å². The molecule has 0 aromatic carbocycles. The molecule has 3 heteroatoms. The van der Waals surface area contributed by atoms with Crippen molar-refractivity contribution in [1.82, 2.24) is 5.32 Å². The van der Waals surface area contributed by atoms with Crippen LogP contribution in [0.15, 0.2) is 0 Å². The van der Waals surface area contributed by atoms with E-state index in [1.54, 1.807) is 0 Å². The van der Waals surface area contributed by atoms with E-state index in [0.29, 0.717) is 0 Å². The maximum Gasteiger partial charge on any atom is 0.0807 e. The van der Waals surface area contributed by atoms with E-state index in [4.69, 9.17) is 9.47 Å². The van der Waals surface area contributed by atoms with Crippen LogP contribution in [0.5, 0.6) is 0 Å². The van der Waals surface area contributed by atoms with Crippen molar-refractivity contribution < 1.29 is 9.47 Å². The first-order valence-electron chi connectivity index (χ1n) is 9.18. The molecule has 1 N–H and O–H groups in total. The van der Waals surface area contributed by atoms with Crippen molar-refractivity contribution >= 4 is 0 Å². The highest BCUT2D eigenvalue weighted by Gasteiger charge is 2.35. The van der Waals surface area contributed by atoms with Crippen molar-refractivity contribution in [2.45, 2.75) is 77.7 Å². The zero-order valence-corrected chi connectivity index (χ0v) is 14.6. The summed E-state index contributed by atoms with van der Waals surface area (Å²) in [5.41, 5.74) is 0.0639. The fraction of sp³-hybridized carbons (Fsp3) is 1.00. The minimum atomic E-state index is 0.0639. The number of hydrogen-bond acceptors (Lipinski definition) is 3. The standard InChI is InChI=1S/C18H37NO2/c1-4-7-13-20-14-15-21-18(16-19-6-3)11-9-17(8-5-2)10-12-18/h17,19H,4-16H2,1-3H3. The lowest BCUT2D eigenvalue weighted by molar-refractivity contribution is -0.0929. The van der Waals surface area contributed by atoms with Gasteiger partial charge >= 0.3 is 0 Å². The number of likely N-dealkylation sites (N-methyl/N-ethyl adjacent to an activating group) is 1. The van der Waals surface area contributed by atoms with Crippen molar-refractivity contribution in [2.24, 2.45) is 5.92 Å². The average molecular weight is 299 g/mol. The second kappa shape index (κ2) is 11.4. The van der Waals surface area contributed by atoms with Crippen LogP contribution in [0.25, 0.3) is 0 Å². The van der Waals surface area contributed by atoms with Crippen LogP contribution in [0.2, 0.25) is 0 Å². The first-order chi connectivity index (χ1) is 10.3. The van der Waals surface area contributed by atoms with Crippen LogP contribution in [0, 0.1) is 5.92 Å². The minimum absolute atomic E-state index is 0.0639. The van der Waals surface area contributed by atoms with Crippen LogP contribution in [0.1, 0.15) is 72.1 Å². The van der Waals surface area contributed by atoms with Crippen LogP contribution in [-0.4, -0.2) is 38.5 Å². The molecular weight excluding hydrogens is 262 g/mol. The third kappa shape index (κ3) is 7.62. The van der Waals surface area contributed by atoms with Crippen molar-refractivity contribution in [3.63, 3.8) is 0 Å². The Balaban J connectivity index is 2.30. The van der Waals surface area contributed by atoms with E-state index in [9.17, 15) is 0 Å². The summed E-state index contributed by atoms with van der Waals surface area (Å²) in [6.45, 7) is 11.0. The van der Waals surface area contributed by atoms with Gasteiger partial charge in [-0.25, -0.2) is 0 Å². The van der Waals surface area contributed by atoms with E-state index >= 15 is 0 Å². The molecule has 0 saturated heterocycles. The van der Waals surface area contributed by atoms with Crippen molar-refractivity contribution in [2.75, 3.05) is 32.9 Å². The Morgan fingerprint density at radius 1 is 1.00 bits per heavy atom. The van der Waals surface area contributed by atoms with Gasteiger partial charge in [0.15, 0.2) is 0 Å². The van der Waals surface area contributed by atoms with Gasteiger partial charge in [-0.2, -0.15) is 0 Å². The summed E-state index contributed by atoms with van der Waals surface area (Å²) in [6, 6.07) is 0. The predicted molar refractivity (Wildman–Crippen MR) is 89.8 cm³/mol. The first kappa shape index (κ1) is 18.9. The second-order valence-electron chi connectivity index (χ2n) is 6.51. The Morgan fingerprint density at radius 2 is 1.76 bits per heavy atom. The summed E-state index contributed by atoms with van der Waals surface area (Å²) >= 11 is 0. The number of hydrogen-bond donors (Lipinski definition) is 1. The summed E-state index contributed by atoms with van der Waals surface area (Å²) in [5, 5.41) is 3.50. The first-order valence-corrected chi connectivity index (χ1v) is 9.18. The maximum absolute atomic E-state index is 6.29. The van der Waals surface area contributed by atoms with E-state index in [2.05, 4.69) is 26.1 Å². The van der Waals surface area contributed by atoms with E-state index in [-0.39, 0.29) is 5.60 Å². The van der Waals surface area contributed by atoms with Gasteiger partial charge in [0.05, 0.1) is 18.8 Å². The molecule has 21 heavy (non-hydrogen) atoms. The van der Waals surface area contributed by atoms with Gasteiger partial charge in [0.2, 0.25) is 0 Å². The summed E-state index contributed by atoms with van der Waals surface area (Å²) < 4.78 is 11.9. The quantitative estimate of drug-likeness (QED) is 0.549. The van der Waals surface area contributed by atoms with E-state index in [0.717, 1.165) is 45.2 Å². The highest BCUT2D eigenvalue weighted by molar-refractivity contribution is 4.89. The molecule has 0 atom stereocenters. The molecule has 1 aliphatic rings. The van der Waals surface area contributed by atoms with E-state index in [1.807, 2.05) is 0 Å². The van der Waals surface area contributed by atoms with Gasteiger partial charge in [-0.1, -0.05) is 40.0 Å². The van der Waals surface area contributed by atoms with Crippen molar-refractivity contribution in [3.8, 4) is 0 Å². The molecule has 0 aromatic heterocycles. The predicted octanol–water partition coefficient (Wildman–Crippen LogP) is 4.16. The lowest BCUT2D eigenvalue weighted by atomic mass is 9.77. The summed E-state index contributed by atoms with van der Waals surface area (Å²) in [4.78, 5) is 0. The lowest BCUT2D eigenvalue weighted by Crippen LogP contribution is -2.46. The van der Waals surface area contributed by atoms with Gasteiger partial charge in [0, 0.05) is 13.2 Å². The zero-order chi connectivity index (χ0) is 15.4. The Bertz CT molecular complexity index is 237. The van der Waals surface area contributed by atoms with Crippen LogP contribution < -0.4 is 5.32 Å². The Hall–Kier alpha value is -0.120. The zero-order valence-electron chi connectivity index (χ0n) is 14.6. The molecule has 1 saturated carbocycles. The molecule has 1 aliphatic carbocycles. The molecule has 0 radical (unpaired) electrons. The molecule has 1 fully saturated rings. The lowest BCUT2D eigenvalue weighted by Gasteiger charge is -2.40. The summed E-state index contributed by atoms with van der Waals surface area (Å²) in [5.74, 6) is 0.925. The van der Waals surface area contributed by atoms with Crippen molar-refractivity contribution in [3.05, 3.63) is 0 Å². The molecule has 0 spiro atoms. The molecule has 0 bridgehead atoms. The number of rotatable bonds is 12. The molecule has 0 unspecified atom stereocenters. The van der Waals surface area contributed by atoms with Crippen molar-refractivity contribution in [1.29, 1.82) is 0 Å². The topological polar surface area (TPSA) is 30.5 Å². The van der Waals surface area contributed by atoms with Gasteiger partial charge < -0.3 is 14.8 Å². The highest BCUT2D eigenvalue weighted by Crippen LogP contribution is 2.36. The molecule has 0 amide bonds. The fourth-order valence-corrected chi connectivity index (χ4v) is 3.29. The van der Waals surface area contributed by atoms with Gasteiger partial charge in [0.1, 0.15) is 0 Å². The summed E-state index contributed by atoms with van der Waals surface area (Å²) in [6.07, 6.45) is 10.1. The third-order valence-corrected chi connectivity index (χ3v) is 4.69. The van der Waals surface area contributed by atoms with Crippen LogP contribution >= 0.6 is 0 Å². The smallest absolute Gasteiger partial charge is 0.0807 e. The number of nitrogens with one attached hydrogen (secondary N) is 1. The normalized spacial score (nSPS) is 26.1.